The Bertz CT molecular complexity index is 818. The van der Waals surface area contributed by atoms with E-state index in [1.54, 1.807) is 7.11 Å². The maximum absolute atomic E-state index is 12.8. The minimum atomic E-state index is -0.124. The molecule has 4 heteroatoms. The van der Waals surface area contributed by atoms with Crippen LogP contribution in [0.4, 0.5) is 5.69 Å². The highest BCUT2D eigenvalue weighted by molar-refractivity contribution is 6.14. The van der Waals surface area contributed by atoms with Crippen molar-refractivity contribution in [2.45, 2.75) is 6.92 Å². The minimum absolute atomic E-state index is 0.124. The van der Waals surface area contributed by atoms with Crippen LogP contribution in [0.1, 0.15) is 21.7 Å². The number of ketones is 1. The molecule has 0 fully saturated rings. The fourth-order valence-electron chi connectivity index (χ4n) is 2.49. The molecule has 23 heavy (non-hydrogen) atoms. The molecule has 0 spiro atoms. The quantitative estimate of drug-likeness (QED) is 0.552. The van der Waals surface area contributed by atoms with Crippen LogP contribution in [0.3, 0.4) is 0 Å². The van der Waals surface area contributed by atoms with Crippen molar-refractivity contribution in [1.82, 2.24) is 0 Å². The second-order valence-electron chi connectivity index (χ2n) is 5.42. The second kappa shape index (κ2) is 6.67. The molecule has 0 bridgehead atoms. The van der Waals surface area contributed by atoms with E-state index in [-0.39, 0.29) is 5.78 Å². The van der Waals surface area contributed by atoms with E-state index in [9.17, 15) is 4.79 Å². The number of fused-ring (bicyclic) bond motifs is 1. The summed E-state index contributed by atoms with van der Waals surface area (Å²) in [6.07, 6.45) is 0. The van der Waals surface area contributed by atoms with Gasteiger partial charge in [0.15, 0.2) is 5.76 Å². The third kappa shape index (κ3) is 3.12. The number of hydrogen-bond donors (Lipinski definition) is 1. The molecule has 0 saturated carbocycles. The molecular weight excluding hydrogens is 290 g/mol. The maximum Gasteiger partial charge on any atom is 0.230 e. The van der Waals surface area contributed by atoms with Gasteiger partial charge in [-0.25, -0.2) is 0 Å². The van der Waals surface area contributed by atoms with Gasteiger partial charge in [-0.05, 0) is 19.1 Å². The number of anilines is 1. The summed E-state index contributed by atoms with van der Waals surface area (Å²) in [5.41, 5.74) is 3.15. The second-order valence-corrected chi connectivity index (χ2v) is 5.42. The van der Waals surface area contributed by atoms with Gasteiger partial charge in [0.25, 0.3) is 0 Å². The predicted octanol–water partition coefficient (Wildman–Crippen LogP) is 4.03. The Labute approximate surface area is 135 Å². The fraction of sp³-hybridized carbons (Fsp3) is 0.211. The van der Waals surface area contributed by atoms with Gasteiger partial charge in [-0.15, -0.1) is 0 Å². The summed E-state index contributed by atoms with van der Waals surface area (Å²) in [7, 11) is 1.65. The average Bonchev–Trinajstić information content (AvgIpc) is 2.94. The summed E-state index contributed by atoms with van der Waals surface area (Å²) in [5.74, 6) is 0.215. The molecule has 2 aromatic carbocycles. The van der Waals surface area contributed by atoms with Gasteiger partial charge in [-0.1, -0.05) is 42.0 Å². The zero-order valence-corrected chi connectivity index (χ0v) is 13.3. The molecule has 0 aliphatic carbocycles. The summed E-state index contributed by atoms with van der Waals surface area (Å²) in [5, 5.41) is 4.16. The van der Waals surface area contributed by atoms with E-state index in [1.165, 1.54) is 0 Å². The monoisotopic (exact) mass is 309 g/mol. The number of ether oxygens (including phenoxy) is 1. The van der Waals surface area contributed by atoms with E-state index in [4.69, 9.17) is 9.15 Å². The molecule has 0 atom stereocenters. The third-order valence-corrected chi connectivity index (χ3v) is 3.72. The Balaban J connectivity index is 2.02. The summed E-state index contributed by atoms with van der Waals surface area (Å²) in [6.45, 7) is 3.15. The lowest BCUT2D eigenvalue weighted by molar-refractivity contribution is 0.101. The van der Waals surface area contributed by atoms with Gasteiger partial charge in [-0.3, -0.25) is 4.79 Å². The van der Waals surface area contributed by atoms with Crippen LogP contribution in [0.15, 0.2) is 52.9 Å². The van der Waals surface area contributed by atoms with Crippen molar-refractivity contribution < 1.29 is 13.9 Å². The highest BCUT2D eigenvalue weighted by Crippen LogP contribution is 2.32. The Hall–Kier alpha value is -2.59. The molecule has 0 aliphatic rings. The molecule has 118 valence electrons. The summed E-state index contributed by atoms with van der Waals surface area (Å²) < 4.78 is 10.9. The van der Waals surface area contributed by atoms with E-state index < -0.39 is 0 Å². The van der Waals surface area contributed by atoms with Crippen LogP contribution < -0.4 is 5.32 Å². The molecule has 1 N–H and O–H groups in total. The van der Waals surface area contributed by atoms with Crippen LogP contribution in [-0.4, -0.2) is 26.0 Å². The van der Waals surface area contributed by atoms with Crippen LogP contribution in [0.2, 0.25) is 0 Å². The van der Waals surface area contributed by atoms with Crippen LogP contribution >= 0.6 is 0 Å². The van der Waals surface area contributed by atoms with E-state index in [2.05, 4.69) is 5.32 Å². The Morgan fingerprint density at radius 2 is 1.87 bits per heavy atom. The van der Waals surface area contributed by atoms with Gasteiger partial charge in [0.1, 0.15) is 5.58 Å². The number of methoxy groups -OCH3 is 1. The van der Waals surface area contributed by atoms with Gasteiger partial charge in [-0.2, -0.15) is 0 Å². The highest BCUT2D eigenvalue weighted by Gasteiger charge is 2.21. The zero-order chi connectivity index (χ0) is 16.2. The summed E-state index contributed by atoms with van der Waals surface area (Å²) in [4.78, 5) is 12.8. The van der Waals surface area contributed by atoms with E-state index in [1.807, 2.05) is 55.5 Å². The molecule has 3 aromatic rings. The number of para-hydroxylation sites is 1. The number of carbonyl (C=O) groups is 1. The first-order valence-electron chi connectivity index (χ1n) is 7.56. The van der Waals surface area contributed by atoms with Crippen LogP contribution in [0, 0.1) is 6.92 Å². The van der Waals surface area contributed by atoms with Crippen molar-refractivity contribution in [2.24, 2.45) is 0 Å². The Kier molecular flexibility index (Phi) is 4.44. The maximum atomic E-state index is 12.8. The lowest BCUT2D eigenvalue weighted by Crippen LogP contribution is -2.10. The van der Waals surface area contributed by atoms with Crippen LogP contribution in [0.5, 0.6) is 0 Å². The topological polar surface area (TPSA) is 51.5 Å². The molecule has 0 amide bonds. The molecule has 1 heterocycles. The molecule has 4 nitrogen and oxygen atoms in total. The van der Waals surface area contributed by atoms with Crippen LogP contribution in [-0.2, 0) is 4.74 Å². The van der Waals surface area contributed by atoms with Crippen molar-refractivity contribution in [3.63, 3.8) is 0 Å². The SMILES string of the molecule is COCCNc1c(C(=O)c2ccc(C)cc2)oc2ccccc12. The number of rotatable bonds is 6. The van der Waals surface area contributed by atoms with Crippen molar-refractivity contribution in [1.29, 1.82) is 0 Å². The zero-order valence-electron chi connectivity index (χ0n) is 13.3. The smallest absolute Gasteiger partial charge is 0.230 e. The fourth-order valence-corrected chi connectivity index (χ4v) is 2.49. The molecule has 0 aliphatic heterocycles. The first-order chi connectivity index (χ1) is 11.2. The highest BCUT2D eigenvalue weighted by atomic mass is 16.5. The first kappa shape index (κ1) is 15.3. The Morgan fingerprint density at radius 3 is 2.61 bits per heavy atom. The minimum Gasteiger partial charge on any atom is -0.450 e. The first-order valence-corrected chi connectivity index (χ1v) is 7.56. The number of furan rings is 1. The van der Waals surface area contributed by atoms with E-state index in [0.29, 0.717) is 30.1 Å². The summed E-state index contributed by atoms with van der Waals surface area (Å²) in [6, 6.07) is 15.1. The molecular formula is C19H19NO3. The van der Waals surface area contributed by atoms with Crippen molar-refractivity contribution in [2.75, 3.05) is 25.6 Å². The van der Waals surface area contributed by atoms with Gasteiger partial charge >= 0.3 is 0 Å². The molecule has 0 saturated heterocycles. The molecule has 0 radical (unpaired) electrons. The summed E-state index contributed by atoms with van der Waals surface area (Å²) >= 11 is 0. The van der Waals surface area contributed by atoms with Crippen molar-refractivity contribution >= 4 is 22.4 Å². The van der Waals surface area contributed by atoms with Crippen molar-refractivity contribution in [3.05, 3.63) is 65.4 Å². The normalized spacial score (nSPS) is 10.9. The number of hydrogen-bond acceptors (Lipinski definition) is 4. The number of carbonyl (C=O) groups excluding carboxylic acids is 1. The number of nitrogens with one attached hydrogen (secondary N) is 1. The lowest BCUT2D eigenvalue weighted by atomic mass is 10.1. The van der Waals surface area contributed by atoms with Crippen LogP contribution in [0.25, 0.3) is 11.0 Å². The Morgan fingerprint density at radius 1 is 1.13 bits per heavy atom. The van der Waals surface area contributed by atoms with Gasteiger partial charge in [0.05, 0.1) is 12.3 Å². The molecule has 1 aromatic heterocycles. The standard InChI is InChI=1S/C19H19NO3/c1-13-7-9-14(10-8-13)18(21)19-17(20-11-12-22-2)15-5-3-4-6-16(15)23-19/h3-10,20H,11-12H2,1-2H3. The largest absolute Gasteiger partial charge is 0.450 e. The molecule has 0 unspecified atom stereocenters. The average molecular weight is 309 g/mol. The predicted molar refractivity (Wildman–Crippen MR) is 91.2 cm³/mol. The number of aryl methyl sites for hydroxylation is 1. The van der Waals surface area contributed by atoms with Gasteiger partial charge in [0, 0.05) is 24.6 Å². The van der Waals surface area contributed by atoms with Gasteiger partial charge in [0.2, 0.25) is 5.78 Å². The third-order valence-electron chi connectivity index (χ3n) is 3.72. The van der Waals surface area contributed by atoms with Gasteiger partial charge < -0.3 is 14.5 Å². The number of benzene rings is 2. The van der Waals surface area contributed by atoms with Crippen molar-refractivity contribution in [3.8, 4) is 0 Å². The van der Waals surface area contributed by atoms with E-state index in [0.717, 1.165) is 16.6 Å². The molecule has 3 rings (SSSR count). The van der Waals surface area contributed by atoms with E-state index >= 15 is 0 Å². The lowest BCUT2D eigenvalue weighted by Gasteiger charge is -2.06.